The van der Waals surface area contributed by atoms with E-state index in [1.54, 1.807) is 12.1 Å². The van der Waals surface area contributed by atoms with Gasteiger partial charge in [-0.1, -0.05) is 29.8 Å². The van der Waals surface area contributed by atoms with Gasteiger partial charge in [0.1, 0.15) is 0 Å². The van der Waals surface area contributed by atoms with Gasteiger partial charge < -0.3 is 19.9 Å². The van der Waals surface area contributed by atoms with Crippen molar-refractivity contribution in [2.24, 2.45) is 0 Å². The molecule has 0 heterocycles. The van der Waals surface area contributed by atoms with Crippen molar-refractivity contribution in [3.05, 3.63) is 59.2 Å². The monoisotopic (exact) mass is 351 g/mol. The Morgan fingerprint density at radius 2 is 1.84 bits per heavy atom. The Kier molecular flexibility index (Phi) is 6.30. The van der Waals surface area contributed by atoms with Crippen molar-refractivity contribution < 1.29 is 28.2 Å². The number of carbonyl (C=O) groups is 1. The molecule has 2 aromatic carbocycles. The summed E-state index contributed by atoms with van der Waals surface area (Å²) in [5, 5.41) is 12.7. The average Bonchev–Trinajstić information content (AvgIpc) is 2.59. The van der Waals surface area contributed by atoms with Gasteiger partial charge in [0.25, 0.3) is 5.91 Å². The van der Waals surface area contributed by atoms with Gasteiger partial charge in [0.15, 0.2) is 11.5 Å². The lowest BCUT2D eigenvalue weighted by Crippen LogP contribution is -2.28. The number of aliphatic hydroxyl groups is 1. The van der Waals surface area contributed by atoms with Gasteiger partial charge in [0.05, 0.1) is 13.2 Å². The van der Waals surface area contributed by atoms with Crippen molar-refractivity contribution in [3.63, 3.8) is 0 Å². The van der Waals surface area contributed by atoms with Crippen LogP contribution in [0.2, 0.25) is 0 Å². The summed E-state index contributed by atoms with van der Waals surface area (Å²) in [4.78, 5) is 12.2. The number of rotatable bonds is 7. The highest BCUT2D eigenvalue weighted by Crippen LogP contribution is 2.29. The number of alkyl halides is 2. The second-order valence-electron chi connectivity index (χ2n) is 5.38. The normalized spacial score (nSPS) is 11.9. The van der Waals surface area contributed by atoms with E-state index in [9.17, 15) is 18.7 Å². The maximum Gasteiger partial charge on any atom is 0.387 e. The minimum atomic E-state index is -3.03. The molecule has 0 fully saturated rings. The highest BCUT2D eigenvalue weighted by atomic mass is 19.3. The Bertz CT molecular complexity index is 720. The highest BCUT2D eigenvalue weighted by Gasteiger charge is 2.15. The molecule has 0 aromatic heterocycles. The summed E-state index contributed by atoms with van der Waals surface area (Å²) in [7, 11) is 1.31. The van der Waals surface area contributed by atoms with Gasteiger partial charge in [0.2, 0.25) is 0 Å². The predicted molar refractivity (Wildman–Crippen MR) is 88.1 cm³/mol. The van der Waals surface area contributed by atoms with E-state index in [1.165, 1.54) is 25.3 Å². The number of aliphatic hydroxyl groups excluding tert-OH is 1. The van der Waals surface area contributed by atoms with E-state index in [0.717, 1.165) is 5.56 Å². The van der Waals surface area contributed by atoms with Crippen LogP contribution in [0.3, 0.4) is 0 Å². The molecule has 0 aliphatic carbocycles. The minimum Gasteiger partial charge on any atom is -0.493 e. The highest BCUT2D eigenvalue weighted by molar-refractivity contribution is 5.94. The predicted octanol–water partition coefficient (Wildman–Crippen LogP) is 3.07. The molecule has 2 N–H and O–H groups in total. The first-order chi connectivity index (χ1) is 11.9. The second-order valence-corrected chi connectivity index (χ2v) is 5.38. The number of halogens is 2. The standard InChI is InChI=1S/C18H19F2NO4/c1-11-3-5-12(6-4-11)14(22)10-21-17(23)13-7-8-15(24-2)16(9-13)25-18(19)20/h3-9,14,18,22H,10H2,1-2H3,(H,21,23)/t14-/m0/s1. The minimum absolute atomic E-state index is 0.0149. The summed E-state index contributed by atoms with van der Waals surface area (Å²) < 4.78 is 34.1. The first kappa shape index (κ1) is 18.7. The molecule has 2 aromatic rings. The molecular weight excluding hydrogens is 332 g/mol. The van der Waals surface area contributed by atoms with Crippen LogP contribution in [-0.2, 0) is 0 Å². The lowest BCUT2D eigenvalue weighted by atomic mass is 10.1. The summed E-state index contributed by atoms with van der Waals surface area (Å²) in [6.45, 7) is -1.12. The summed E-state index contributed by atoms with van der Waals surface area (Å²) >= 11 is 0. The summed E-state index contributed by atoms with van der Waals surface area (Å²) in [6, 6.07) is 11.2. The van der Waals surface area contributed by atoms with Crippen LogP contribution in [0.1, 0.15) is 27.6 Å². The van der Waals surface area contributed by atoms with E-state index in [4.69, 9.17) is 4.74 Å². The number of carbonyl (C=O) groups excluding carboxylic acids is 1. The number of amides is 1. The molecular formula is C18H19F2NO4. The van der Waals surface area contributed by atoms with Gasteiger partial charge in [-0.2, -0.15) is 8.78 Å². The molecule has 0 bridgehead atoms. The lowest BCUT2D eigenvalue weighted by molar-refractivity contribution is -0.0512. The number of nitrogens with one attached hydrogen (secondary N) is 1. The van der Waals surface area contributed by atoms with Crippen molar-refractivity contribution in [3.8, 4) is 11.5 Å². The van der Waals surface area contributed by atoms with Crippen LogP contribution in [0.5, 0.6) is 11.5 Å². The molecule has 0 aliphatic heterocycles. The summed E-state index contributed by atoms with van der Waals surface area (Å²) in [5.41, 5.74) is 1.85. The van der Waals surface area contributed by atoms with Crippen molar-refractivity contribution in [2.75, 3.05) is 13.7 Å². The van der Waals surface area contributed by atoms with Crippen LogP contribution in [0.15, 0.2) is 42.5 Å². The molecule has 5 nitrogen and oxygen atoms in total. The van der Waals surface area contributed by atoms with Crippen LogP contribution in [0, 0.1) is 6.92 Å². The van der Waals surface area contributed by atoms with Gasteiger partial charge >= 0.3 is 6.61 Å². The van der Waals surface area contributed by atoms with Gasteiger partial charge in [0, 0.05) is 12.1 Å². The fraction of sp³-hybridized carbons (Fsp3) is 0.278. The Morgan fingerprint density at radius 1 is 1.16 bits per heavy atom. The molecule has 1 amide bonds. The Balaban J connectivity index is 2.03. The zero-order valence-corrected chi connectivity index (χ0v) is 13.8. The second kappa shape index (κ2) is 8.43. The Morgan fingerprint density at radius 3 is 2.44 bits per heavy atom. The number of aryl methyl sites for hydroxylation is 1. The van der Waals surface area contributed by atoms with E-state index < -0.39 is 18.6 Å². The number of ether oxygens (including phenoxy) is 2. The molecule has 25 heavy (non-hydrogen) atoms. The number of methoxy groups -OCH3 is 1. The van der Waals surface area contributed by atoms with E-state index in [-0.39, 0.29) is 23.6 Å². The van der Waals surface area contributed by atoms with Crippen LogP contribution in [0.4, 0.5) is 8.78 Å². The molecule has 0 spiro atoms. The van der Waals surface area contributed by atoms with Crippen LogP contribution < -0.4 is 14.8 Å². The zero-order valence-electron chi connectivity index (χ0n) is 13.8. The van der Waals surface area contributed by atoms with Gasteiger partial charge in [-0.25, -0.2) is 0 Å². The smallest absolute Gasteiger partial charge is 0.387 e. The molecule has 0 unspecified atom stereocenters. The molecule has 0 saturated heterocycles. The fourth-order valence-corrected chi connectivity index (χ4v) is 2.20. The van der Waals surface area contributed by atoms with E-state index in [2.05, 4.69) is 10.1 Å². The fourth-order valence-electron chi connectivity index (χ4n) is 2.20. The van der Waals surface area contributed by atoms with Crippen molar-refractivity contribution >= 4 is 5.91 Å². The zero-order chi connectivity index (χ0) is 18.4. The van der Waals surface area contributed by atoms with Gasteiger partial charge in [-0.15, -0.1) is 0 Å². The molecule has 0 aliphatic rings. The number of hydrogen-bond acceptors (Lipinski definition) is 4. The molecule has 134 valence electrons. The Hall–Kier alpha value is -2.67. The molecule has 0 radical (unpaired) electrons. The number of benzene rings is 2. The van der Waals surface area contributed by atoms with E-state index >= 15 is 0 Å². The first-order valence-electron chi connectivity index (χ1n) is 7.56. The van der Waals surface area contributed by atoms with Crippen LogP contribution in [-0.4, -0.2) is 31.3 Å². The molecule has 2 rings (SSSR count). The third-order valence-corrected chi connectivity index (χ3v) is 3.56. The quantitative estimate of drug-likeness (QED) is 0.804. The molecule has 1 atom stereocenters. The van der Waals surface area contributed by atoms with Gasteiger partial charge in [-0.05, 0) is 30.7 Å². The third-order valence-electron chi connectivity index (χ3n) is 3.56. The summed E-state index contributed by atoms with van der Waals surface area (Å²) in [5.74, 6) is -0.659. The van der Waals surface area contributed by atoms with Crippen molar-refractivity contribution in [1.29, 1.82) is 0 Å². The number of hydrogen-bond donors (Lipinski definition) is 2. The maximum atomic E-state index is 12.4. The maximum absolute atomic E-state index is 12.4. The van der Waals surface area contributed by atoms with Gasteiger partial charge in [-0.3, -0.25) is 4.79 Å². The summed E-state index contributed by atoms with van der Waals surface area (Å²) in [6.07, 6.45) is -0.875. The molecule has 7 heteroatoms. The van der Waals surface area contributed by atoms with Crippen molar-refractivity contribution in [2.45, 2.75) is 19.6 Å². The van der Waals surface area contributed by atoms with Crippen LogP contribution in [0.25, 0.3) is 0 Å². The van der Waals surface area contributed by atoms with Crippen molar-refractivity contribution in [1.82, 2.24) is 5.32 Å². The topological polar surface area (TPSA) is 67.8 Å². The molecule has 0 saturated carbocycles. The SMILES string of the molecule is COc1ccc(C(=O)NC[C@H](O)c2ccc(C)cc2)cc1OC(F)F. The first-order valence-corrected chi connectivity index (χ1v) is 7.56. The van der Waals surface area contributed by atoms with Crippen LogP contribution >= 0.6 is 0 Å². The van der Waals surface area contributed by atoms with E-state index in [0.29, 0.717) is 5.56 Å². The third kappa shape index (κ3) is 5.15. The Labute approximate surface area is 144 Å². The lowest BCUT2D eigenvalue weighted by Gasteiger charge is -2.14. The van der Waals surface area contributed by atoms with E-state index in [1.807, 2.05) is 19.1 Å². The largest absolute Gasteiger partial charge is 0.493 e. The average molecular weight is 351 g/mol.